The Balaban J connectivity index is 1.42. The van der Waals surface area contributed by atoms with Gasteiger partial charge in [-0.2, -0.15) is 0 Å². The number of nitrogens with one attached hydrogen (secondary N) is 2. The van der Waals surface area contributed by atoms with E-state index in [9.17, 15) is 13.2 Å². The average Bonchev–Trinajstić information content (AvgIpc) is 3.09. The lowest BCUT2D eigenvalue weighted by Crippen LogP contribution is -2.27. The Bertz CT molecular complexity index is 1330. The second kappa shape index (κ2) is 8.61. The van der Waals surface area contributed by atoms with Crippen molar-refractivity contribution in [2.75, 3.05) is 11.3 Å². The second-order valence-electron chi connectivity index (χ2n) is 7.05. The molecule has 8 heteroatoms. The van der Waals surface area contributed by atoms with E-state index in [4.69, 9.17) is 0 Å². The molecule has 1 heterocycles. The highest BCUT2D eigenvalue weighted by Crippen LogP contribution is 2.17. The molecule has 0 fully saturated rings. The number of carbonyl (C=O) groups is 1. The maximum atomic E-state index is 12.6. The van der Waals surface area contributed by atoms with Gasteiger partial charge < -0.3 is 9.88 Å². The van der Waals surface area contributed by atoms with Crippen molar-refractivity contribution in [3.63, 3.8) is 0 Å². The molecule has 0 bridgehead atoms. The maximum absolute atomic E-state index is 12.6. The van der Waals surface area contributed by atoms with E-state index in [-0.39, 0.29) is 10.8 Å². The van der Waals surface area contributed by atoms with Crippen LogP contribution < -0.4 is 10.0 Å². The summed E-state index contributed by atoms with van der Waals surface area (Å²) in [5.74, 6) is 0.607. The number of carbonyl (C=O) groups excluding carboxylic acids is 1. The number of nitrogens with zero attached hydrogens (tertiary/aromatic N) is 2. The maximum Gasteiger partial charge on any atom is 0.261 e. The molecule has 1 amide bonds. The summed E-state index contributed by atoms with van der Waals surface area (Å²) in [4.78, 5) is 17.3. The normalized spacial score (nSPS) is 11.4. The number of amides is 1. The van der Waals surface area contributed by atoms with Crippen LogP contribution >= 0.6 is 0 Å². The lowest BCUT2D eigenvalue weighted by Gasteiger charge is -2.11. The molecule has 0 atom stereocenters. The van der Waals surface area contributed by atoms with E-state index in [2.05, 4.69) is 19.6 Å². The van der Waals surface area contributed by atoms with Crippen LogP contribution in [-0.4, -0.2) is 30.4 Å². The molecule has 0 aliphatic rings. The third-order valence-electron chi connectivity index (χ3n) is 4.90. The molecule has 4 aromatic rings. The van der Waals surface area contributed by atoms with Gasteiger partial charge in [-0.3, -0.25) is 9.52 Å². The van der Waals surface area contributed by atoms with Crippen molar-refractivity contribution >= 4 is 32.7 Å². The van der Waals surface area contributed by atoms with Crippen molar-refractivity contribution in [1.82, 2.24) is 14.9 Å². The molecular weight excluding hydrogens is 412 g/mol. The summed E-state index contributed by atoms with van der Waals surface area (Å²) < 4.78 is 29.6. The van der Waals surface area contributed by atoms with Gasteiger partial charge in [-0.05, 0) is 49.4 Å². The largest absolute Gasteiger partial charge is 0.350 e. The lowest BCUT2D eigenvalue weighted by atomic mass is 10.2. The van der Waals surface area contributed by atoms with Gasteiger partial charge >= 0.3 is 0 Å². The zero-order valence-electron chi connectivity index (χ0n) is 16.9. The Labute approximate surface area is 180 Å². The van der Waals surface area contributed by atoms with E-state index in [1.807, 2.05) is 31.2 Å². The minimum Gasteiger partial charge on any atom is -0.350 e. The summed E-state index contributed by atoms with van der Waals surface area (Å²) in [6.45, 7) is 2.93. The molecular formula is C23H22N4O3S. The molecule has 0 aliphatic heterocycles. The number of hydrogen-bond donors (Lipinski definition) is 2. The van der Waals surface area contributed by atoms with Crippen LogP contribution in [0.5, 0.6) is 0 Å². The summed E-state index contributed by atoms with van der Waals surface area (Å²) >= 11 is 0. The fourth-order valence-corrected chi connectivity index (χ4v) is 4.47. The number of para-hydroxylation sites is 2. The van der Waals surface area contributed by atoms with Crippen molar-refractivity contribution < 1.29 is 13.2 Å². The topological polar surface area (TPSA) is 93.1 Å². The number of sulfonamides is 1. The number of fused-ring (bicyclic) bond motifs is 1. The molecule has 4 rings (SSSR count). The number of rotatable bonds is 7. The zero-order valence-corrected chi connectivity index (χ0v) is 17.8. The van der Waals surface area contributed by atoms with Gasteiger partial charge in [0.2, 0.25) is 0 Å². The highest BCUT2D eigenvalue weighted by atomic mass is 32.2. The predicted octanol–water partition coefficient (Wildman–Crippen LogP) is 3.58. The van der Waals surface area contributed by atoms with Crippen LogP contribution in [-0.2, 0) is 16.6 Å². The van der Waals surface area contributed by atoms with E-state index in [1.54, 1.807) is 36.4 Å². The molecule has 1 aromatic heterocycles. The Morgan fingerprint density at radius 2 is 1.71 bits per heavy atom. The molecule has 0 saturated carbocycles. The van der Waals surface area contributed by atoms with Gasteiger partial charge in [0.05, 0.1) is 15.9 Å². The number of hydrogen-bond acceptors (Lipinski definition) is 4. The van der Waals surface area contributed by atoms with Crippen LogP contribution in [0.3, 0.4) is 0 Å². The van der Waals surface area contributed by atoms with Crippen LogP contribution in [0.2, 0.25) is 0 Å². The zero-order chi connectivity index (χ0) is 21.8. The van der Waals surface area contributed by atoms with E-state index >= 15 is 0 Å². The van der Waals surface area contributed by atoms with Crippen LogP contribution in [0.15, 0.2) is 83.8 Å². The highest BCUT2D eigenvalue weighted by Gasteiger charge is 2.15. The highest BCUT2D eigenvalue weighted by molar-refractivity contribution is 7.92. The first-order valence-corrected chi connectivity index (χ1v) is 11.3. The first kappa shape index (κ1) is 20.6. The number of benzene rings is 3. The summed E-state index contributed by atoms with van der Waals surface area (Å²) in [5.41, 5.74) is 2.64. The van der Waals surface area contributed by atoms with Gasteiger partial charge in [0, 0.05) is 24.3 Å². The average molecular weight is 435 g/mol. The Morgan fingerprint density at radius 3 is 2.52 bits per heavy atom. The fourth-order valence-electron chi connectivity index (χ4n) is 3.40. The molecule has 0 saturated heterocycles. The van der Waals surface area contributed by atoms with Crippen LogP contribution in [0, 0.1) is 6.92 Å². The van der Waals surface area contributed by atoms with Crippen molar-refractivity contribution in [2.24, 2.45) is 0 Å². The quantitative estimate of drug-likeness (QED) is 0.465. The molecule has 0 spiro atoms. The summed E-state index contributed by atoms with van der Waals surface area (Å²) in [5, 5.41) is 2.89. The van der Waals surface area contributed by atoms with E-state index < -0.39 is 10.0 Å². The van der Waals surface area contributed by atoms with Crippen LogP contribution in [0.1, 0.15) is 16.2 Å². The van der Waals surface area contributed by atoms with Crippen LogP contribution in [0.25, 0.3) is 11.0 Å². The van der Waals surface area contributed by atoms with Gasteiger partial charge in [-0.1, -0.05) is 36.4 Å². The summed E-state index contributed by atoms with van der Waals surface area (Å²) in [6.07, 6.45) is 0. The number of anilines is 1. The molecule has 0 unspecified atom stereocenters. The van der Waals surface area contributed by atoms with Gasteiger partial charge in [-0.25, -0.2) is 13.4 Å². The van der Waals surface area contributed by atoms with Gasteiger partial charge in [0.1, 0.15) is 5.82 Å². The molecule has 7 nitrogen and oxygen atoms in total. The smallest absolute Gasteiger partial charge is 0.261 e. The van der Waals surface area contributed by atoms with Crippen molar-refractivity contribution in [3.05, 3.63) is 90.3 Å². The van der Waals surface area contributed by atoms with E-state index in [0.29, 0.717) is 24.3 Å². The monoisotopic (exact) mass is 434 g/mol. The van der Waals surface area contributed by atoms with Gasteiger partial charge in [0.25, 0.3) is 15.9 Å². The Kier molecular flexibility index (Phi) is 5.73. The molecule has 2 N–H and O–H groups in total. The van der Waals surface area contributed by atoms with Gasteiger partial charge in [-0.15, -0.1) is 0 Å². The van der Waals surface area contributed by atoms with Crippen molar-refractivity contribution in [1.29, 1.82) is 0 Å². The molecule has 0 aliphatic carbocycles. The minimum atomic E-state index is -3.72. The lowest BCUT2D eigenvalue weighted by molar-refractivity contribution is 0.0952. The third-order valence-corrected chi connectivity index (χ3v) is 6.29. The molecule has 158 valence electrons. The minimum absolute atomic E-state index is 0.160. The first-order valence-electron chi connectivity index (χ1n) is 9.82. The number of aromatic nitrogens is 2. The summed E-state index contributed by atoms with van der Waals surface area (Å²) in [7, 11) is -3.72. The Morgan fingerprint density at radius 1 is 0.968 bits per heavy atom. The fraction of sp³-hybridized carbons (Fsp3) is 0.130. The summed E-state index contributed by atoms with van der Waals surface area (Å²) in [6, 6.07) is 22.4. The van der Waals surface area contributed by atoms with E-state index in [0.717, 1.165) is 16.9 Å². The SMILES string of the molecule is Cc1nc2ccccc2n1CCNC(=O)c1cccc(NS(=O)(=O)c2ccccc2)c1. The van der Waals surface area contributed by atoms with Crippen LogP contribution in [0.4, 0.5) is 5.69 Å². The number of imidazole rings is 1. The van der Waals surface area contributed by atoms with Crippen molar-refractivity contribution in [2.45, 2.75) is 18.4 Å². The predicted molar refractivity (Wildman–Crippen MR) is 120 cm³/mol. The number of aryl methyl sites for hydroxylation is 1. The first-order chi connectivity index (χ1) is 14.9. The van der Waals surface area contributed by atoms with E-state index in [1.165, 1.54) is 18.2 Å². The third kappa shape index (κ3) is 4.59. The van der Waals surface area contributed by atoms with Crippen molar-refractivity contribution in [3.8, 4) is 0 Å². The standard InChI is InChI=1S/C23H22N4O3S/c1-17-25-21-12-5-6-13-22(21)27(17)15-14-24-23(28)18-8-7-9-19(16-18)26-31(29,30)20-10-3-2-4-11-20/h2-13,16,26H,14-15H2,1H3,(H,24,28). The Hall–Kier alpha value is -3.65. The van der Waals surface area contributed by atoms with Gasteiger partial charge in [0.15, 0.2) is 0 Å². The second-order valence-corrected chi connectivity index (χ2v) is 8.74. The molecule has 0 radical (unpaired) electrons. The molecule has 3 aromatic carbocycles. The molecule has 31 heavy (non-hydrogen) atoms.